The van der Waals surface area contributed by atoms with Crippen LogP contribution in [0, 0.1) is 6.92 Å². The van der Waals surface area contributed by atoms with Crippen LogP contribution in [-0.2, 0) is 6.42 Å². The summed E-state index contributed by atoms with van der Waals surface area (Å²) in [7, 11) is 0. The molecule has 0 unspecified atom stereocenters. The van der Waals surface area contributed by atoms with Crippen molar-refractivity contribution in [1.82, 2.24) is 15.2 Å². The summed E-state index contributed by atoms with van der Waals surface area (Å²) in [5, 5.41) is 11.3. The second kappa shape index (κ2) is 4.96. The molecule has 20 heavy (non-hydrogen) atoms. The zero-order chi connectivity index (χ0) is 14.1. The topological polar surface area (TPSA) is 77.0 Å². The van der Waals surface area contributed by atoms with Crippen LogP contribution in [0.4, 0.5) is 5.69 Å². The molecule has 0 saturated heterocycles. The Kier molecular flexibility index (Phi) is 3.14. The monoisotopic (exact) mass is 272 g/mol. The molecule has 1 atom stereocenters. The van der Waals surface area contributed by atoms with Gasteiger partial charge >= 0.3 is 0 Å². The predicted molar refractivity (Wildman–Crippen MR) is 74.5 cm³/mol. The third-order valence-electron chi connectivity index (χ3n) is 3.03. The SMILES string of the molecule is CCc1nnc([C@@H](C)Nc2ccc3oc(C)nc3c2)o1. The highest BCUT2D eigenvalue weighted by molar-refractivity contribution is 5.77. The van der Waals surface area contributed by atoms with Crippen molar-refractivity contribution in [2.45, 2.75) is 33.2 Å². The van der Waals surface area contributed by atoms with Crippen molar-refractivity contribution in [2.75, 3.05) is 5.32 Å². The summed E-state index contributed by atoms with van der Waals surface area (Å²) < 4.78 is 11.0. The number of oxazole rings is 1. The van der Waals surface area contributed by atoms with Gasteiger partial charge in [-0.1, -0.05) is 6.92 Å². The Balaban J connectivity index is 1.80. The van der Waals surface area contributed by atoms with Crippen LogP contribution in [0.25, 0.3) is 11.1 Å². The highest BCUT2D eigenvalue weighted by Crippen LogP contribution is 2.23. The van der Waals surface area contributed by atoms with E-state index in [1.165, 1.54) is 0 Å². The number of aromatic nitrogens is 3. The third-order valence-corrected chi connectivity index (χ3v) is 3.03. The molecule has 0 aliphatic carbocycles. The lowest BCUT2D eigenvalue weighted by Crippen LogP contribution is -2.06. The summed E-state index contributed by atoms with van der Waals surface area (Å²) in [6.45, 7) is 5.79. The summed E-state index contributed by atoms with van der Waals surface area (Å²) in [4.78, 5) is 4.31. The van der Waals surface area contributed by atoms with Crippen molar-refractivity contribution in [3.8, 4) is 0 Å². The summed E-state index contributed by atoms with van der Waals surface area (Å²) in [6.07, 6.45) is 0.740. The zero-order valence-electron chi connectivity index (χ0n) is 11.7. The molecule has 6 nitrogen and oxygen atoms in total. The number of nitrogens with one attached hydrogen (secondary N) is 1. The van der Waals surface area contributed by atoms with Crippen LogP contribution < -0.4 is 5.32 Å². The number of aryl methyl sites for hydroxylation is 2. The molecule has 6 heteroatoms. The van der Waals surface area contributed by atoms with E-state index in [1.807, 2.05) is 39.0 Å². The molecule has 2 aromatic heterocycles. The molecule has 1 N–H and O–H groups in total. The Hall–Kier alpha value is -2.37. The van der Waals surface area contributed by atoms with Crippen LogP contribution in [0.2, 0.25) is 0 Å². The van der Waals surface area contributed by atoms with E-state index in [1.54, 1.807) is 0 Å². The summed E-state index contributed by atoms with van der Waals surface area (Å²) in [6, 6.07) is 5.73. The van der Waals surface area contributed by atoms with Gasteiger partial charge in [-0.05, 0) is 25.1 Å². The largest absolute Gasteiger partial charge is 0.441 e. The highest BCUT2D eigenvalue weighted by Gasteiger charge is 2.13. The lowest BCUT2D eigenvalue weighted by atomic mass is 10.2. The summed E-state index contributed by atoms with van der Waals surface area (Å²) in [5.41, 5.74) is 2.56. The molecule has 0 aliphatic rings. The van der Waals surface area contributed by atoms with Crippen LogP contribution >= 0.6 is 0 Å². The summed E-state index contributed by atoms with van der Waals surface area (Å²) >= 11 is 0. The molecule has 0 radical (unpaired) electrons. The smallest absolute Gasteiger partial charge is 0.238 e. The highest BCUT2D eigenvalue weighted by atomic mass is 16.4. The van der Waals surface area contributed by atoms with Gasteiger partial charge in [-0.25, -0.2) is 4.98 Å². The molecule has 0 amide bonds. The van der Waals surface area contributed by atoms with Crippen molar-refractivity contribution in [2.24, 2.45) is 0 Å². The molecule has 1 aromatic carbocycles. The van der Waals surface area contributed by atoms with Gasteiger partial charge < -0.3 is 14.2 Å². The molecule has 0 spiro atoms. The Morgan fingerprint density at radius 2 is 2.10 bits per heavy atom. The van der Waals surface area contributed by atoms with E-state index in [2.05, 4.69) is 20.5 Å². The number of benzene rings is 1. The van der Waals surface area contributed by atoms with Gasteiger partial charge in [-0.2, -0.15) is 0 Å². The van der Waals surface area contributed by atoms with Crippen LogP contribution in [-0.4, -0.2) is 15.2 Å². The average molecular weight is 272 g/mol. The maximum atomic E-state index is 5.54. The predicted octanol–water partition coefficient (Wildman–Crippen LogP) is 3.25. The van der Waals surface area contributed by atoms with E-state index in [9.17, 15) is 0 Å². The molecule has 0 fully saturated rings. The fourth-order valence-electron chi connectivity index (χ4n) is 2.03. The molecule has 2 heterocycles. The second-order valence-electron chi connectivity index (χ2n) is 4.67. The Bertz CT molecular complexity index is 732. The number of nitrogens with zero attached hydrogens (tertiary/aromatic N) is 3. The van der Waals surface area contributed by atoms with E-state index in [4.69, 9.17) is 8.83 Å². The van der Waals surface area contributed by atoms with Gasteiger partial charge in [0.15, 0.2) is 11.5 Å². The van der Waals surface area contributed by atoms with E-state index in [0.29, 0.717) is 17.7 Å². The van der Waals surface area contributed by atoms with Crippen molar-refractivity contribution in [3.63, 3.8) is 0 Å². The van der Waals surface area contributed by atoms with E-state index in [0.717, 1.165) is 23.2 Å². The van der Waals surface area contributed by atoms with E-state index >= 15 is 0 Å². The number of hydrogen-bond donors (Lipinski definition) is 1. The Morgan fingerprint density at radius 3 is 2.85 bits per heavy atom. The number of hydrogen-bond acceptors (Lipinski definition) is 6. The first-order chi connectivity index (χ1) is 9.65. The number of anilines is 1. The standard InChI is InChI=1S/C14H16N4O2/c1-4-13-17-18-14(20-13)8(2)15-10-5-6-12-11(7-10)16-9(3)19-12/h5-8,15H,4H2,1-3H3/t8-/m1/s1. The average Bonchev–Trinajstić information content (AvgIpc) is 3.03. The molecule has 0 saturated carbocycles. The lowest BCUT2D eigenvalue weighted by molar-refractivity contribution is 0.439. The molecule has 104 valence electrons. The van der Waals surface area contributed by atoms with Crippen molar-refractivity contribution >= 4 is 16.8 Å². The van der Waals surface area contributed by atoms with Crippen molar-refractivity contribution < 1.29 is 8.83 Å². The van der Waals surface area contributed by atoms with Crippen LogP contribution in [0.15, 0.2) is 27.0 Å². The molecular weight excluding hydrogens is 256 g/mol. The Labute approximate surface area is 116 Å². The van der Waals surface area contributed by atoms with Gasteiger partial charge in [0, 0.05) is 19.0 Å². The summed E-state index contributed by atoms with van der Waals surface area (Å²) in [5.74, 6) is 1.89. The number of fused-ring (bicyclic) bond motifs is 1. The van der Waals surface area contributed by atoms with Crippen LogP contribution in [0.5, 0.6) is 0 Å². The molecular formula is C14H16N4O2. The van der Waals surface area contributed by atoms with Gasteiger partial charge in [0.25, 0.3) is 0 Å². The molecule has 0 bridgehead atoms. The minimum absolute atomic E-state index is 0.0618. The maximum absolute atomic E-state index is 5.54. The first kappa shape index (κ1) is 12.7. The third kappa shape index (κ3) is 2.36. The maximum Gasteiger partial charge on any atom is 0.238 e. The van der Waals surface area contributed by atoms with E-state index in [-0.39, 0.29) is 6.04 Å². The van der Waals surface area contributed by atoms with Crippen molar-refractivity contribution in [1.29, 1.82) is 0 Å². The van der Waals surface area contributed by atoms with Gasteiger partial charge in [0.2, 0.25) is 11.8 Å². The zero-order valence-corrected chi connectivity index (χ0v) is 11.7. The van der Waals surface area contributed by atoms with Gasteiger partial charge in [0.1, 0.15) is 11.6 Å². The van der Waals surface area contributed by atoms with E-state index < -0.39 is 0 Å². The number of rotatable bonds is 4. The van der Waals surface area contributed by atoms with Crippen molar-refractivity contribution in [3.05, 3.63) is 35.9 Å². The van der Waals surface area contributed by atoms with Gasteiger partial charge in [-0.3, -0.25) is 0 Å². The second-order valence-corrected chi connectivity index (χ2v) is 4.67. The van der Waals surface area contributed by atoms with Gasteiger partial charge in [0.05, 0.1) is 0 Å². The first-order valence-corrected chi connectivity index (χ1v) is 6.61. The molecule has 0 aliphatic heterocycles. The molecule has 3 aromatic rings. The minimum atomic E-state index is -0.0618. The quantitative estimate of drug-likeness (QED) is 0.785. The minimum Gasteiger partial charge on any atom is -0.441 e. The normalized spacial score (nSPS) is 12.8. The van der Waals surface area contributed by atoms with Gasteiger partial charge in [-0.15, -0.1) is 10.2 Å². The van der Waals surface area contributed by atoms with Crippen LogP contribution in [0.1, 0.15) is 37.6 Å². The van der Waals surface area contributed by atoms with Crippen LogP contribution in [0.3, 0.4) is 0 Å². The molecule has 3 rings (SSSR count). The first-order valence-electron chi connectivity index (χ1n) is 6.61. The Morgan fingerprint density at radius 1 is 1.25 bits per heavy atom. The lowest BCUT2D eigenvalue weighted by Gasteiger charge is -2.10. The fraction of sp³-hybridized carbons (Fsp3) is 0.357. The fourth-order valence-corrected chi connectivity index (χ4v) is 2.03.